The monoisotopic (exact) mass is 331 g/mol. The lowest BCUT2D eigenvalue weighted by Crippen LogP contribution is -2.49. The fourth-order valence-corrected chi connectivity index (χ4v) is 3.65. The predicted molar refractivity (Wildman–Crippen MR) is 95.8 cm³/mol. The molecule has 132 valence electrons. The predicted octanol–water partition coefficient (Wildman–Crippen LogP) is 3.03. The molecule has 1 saturated heterocycles. The Hall–Kier alpha value is -1.75. The zero-order valence-corrected chi connectivity index (χ0v) is 15.0. The summed E-state index contributed by atoms with van der Waals surface area (Å²) in [6.07, 6.45) is 2.92. The van der Waals surface area contributed by atoms with Crippen LogP contribution >= 0.6 is 0 Å². The molecule has 5 heteroatoms. The van der Waals surface area contributed by atoms with Crippen LogP contribution < -0.4 is 5.73 Å². The van der Waals surface area contributed by atoms with Gasteiger partial charge < -0.3 is 15.4 Å². The molecule has 0 radical (unpaired) electrons. The van der Waals surface area contributed by atoms with Crippen molar-refractivity contribution in [1.29, 1.82) is 0 Å². The third-order valence-corrected chi connectivity index (χ3v) is 4.90. The Kier molecular flexibility index (Phi) is 4.72. The molecule has 2 aliphatic rings. The zero-order chi connectivity index (χ0) is 17.3. The van der Waals surface area contributed by atoms with Crippen LogP contribution in [0.2, 0.25) is 0 Å². The lowest BCUT2D eigenvalue weighted by molar-refractivity contribution is 0.0134. The highest BCUT2D eigenvalue weighted by Gasteiger charge is 2.30. The standard InChI is InChI=1S/C19H29N3O2/c1-19(2,3)24-18(23)21-10-7-17(8-11-21)22-9-6-14-4-5-16(20)12-15(14)13-22/h4-5,12,17H,6-11,13,20H2,1-3H3. The second-order valence-corrected chi connectivity index (χ2v) is 7.95. The van der Waals surface area contributed by atoms with Crippen molar-refractivity contribution in [2.45, 2.75) is 58.2 Å². The average molecular weight is 331 g/mol. The molecule has 0 unspecified atom stereocenters. The summed E-state index contributed by atoms with van der Waals surface area (Å²) >= 11 is 0. The highest BCUT2D eigenvalue weighted by atomic mass is 16.6. The Bertz CT molecular complexity index is 601. The first-order valence-electron chi connectivity index (χ1n) is 8.91. The smallest absolute Gasteiger partial charge is 0.410 e. The molecule has 2 aliphatic heterocycles. The van der Waals surface area contributed by atoms with Gasteiger partial charge in [0.05, 0.1) is 0 Å². The number of piperidine rings is 1. The maximum Gasteiger partial charge on any atom is 0.410 e. The van der Waals surface area contributed by atoms with Crippen molar-refractivity contribution in [2.24, 2.45) is 0 Å². The molecule has 1 fully saturated rings. The number of hydrogen-bond acceptors (Lipinski definition) is 4. The summed E-state index contributed by atoms with van der Waals surface area (Å²) in [5.41, 5.74) is 9.13. The van der Waals surface area contributed by atoms with E-state index in [-0.39, 0.29) is 6.09 Å². The quantitative estimate of drug-likeness (QED) is 0.804. The third kappa shape index (κ3) is 4.01. The normalized spacial score (nSPS) is 19.9. The van der Waals surface area contributed by atoms with Gasteiger partial charge in [-0.05, 0) is 63.3 Å². The molecule has 1 aromatic carbocycles. The number of benzene rings is 1. The SMILES string of the molecule is CC(C)(C)OC(=O)N1CCC(N2CCc3ccc(N)cc3C2)CC1. The van der Waals surface area contributed by atoms with Crippen molar-refractivity contribution in [3.63, 3.8) is 0 Å². The molecule has 3 rings (SSSR count). The topological polar surface area (TPSA) is 58.8 Å². The van der Waals surface area contributed by atoms with Gasteiger partial charge in [-0.15, -0.1) is 0 Å². The number of nitrogens with two attached hydrogens (primary N) is 1. The number of fused-ring (bicyclic) bond motifs is 1. The van der Waals surface area contributed by atoms with Gasteiger partial charge in [-0.3, -0.25) is 4.90 Å². The summed E-state index contributed by atoms with van der Waals surface area (Å²) in [6, 6.07) is 6.80. The number of hydrogen-bond donors (Lipinski definition) is 1. The van der Waals surface area contributed by atoms with Crippen LogP contribution in [-0.4, -0.2) is 47.2 Å². The molecule has 24 heavy (non-hydrogen) atoms. The van der Waals surface area contributed by atoms with E-state index in [1.807, 2.05) is 31.7 Å². The van der Waals surface area contributed by atoms with E-state index < -0.39 is 5.60 Å². The number of anilines is 1. The lowest BCUT2D eigenvalue weighted by Gasteiger charge is -2.40. The summed E-state index contributed by atoms with van der Waals surface area (Å²) in [5, 5.41) is 0. The largest absolute Gasteiger partial charge is 0.444 e. The number of ether oxygens (including phenoxy) is 1. The van der Waals surface area contributed by atoms with Crippen LogP contribution in [0.25, 0.3) is 0 Å². The number of nitrogen functional groups attached to an aromatic ring is 1. The highest BCUT2D eigenvalue weighted by molar-refractivity contribution is 5.68. The molecular weight excluding hydrogens is 302 g/mol. The Morgan fingerprint density at radius 2 is 1.88 bits per heavy atom. The van der Waals surface area contributed by atoms with Crippen molar-refractivity contribution < 1.29 is 9.53 Å². The zero-order valence-electron chi connectivity index (χ0n) is 15.0. The maximum atomic E-state index is 12.2. The van der Waals surface area contributed by atoms with Crippen LogP contribution in [0.3, 0.4) is 0 Å². The first-order valence-corrected chi connectivity index (χ1v) is 8.91. The van der Waals surface area contributed by atoms with E-state index >= 15 is 0 Å². The molecule has 0 bridgehead atoms. The van der Waals surface area contributed by atoms with Gasteiger partial charge >= 0.3 is 6.09 Å². The number of amides is 1. The summed E-state index contributed by atoms with van der Waals surface area (Å²) in [5.74, 6) is 0. The maximum absolute atomic E-state index is 12.2. The van der Waals surface area contributed by atoms with E-state index in [0.717, 1.165) is 51.1 Å². The minimum Gasteiger partial charge on any atom is -0.444 e. The molecule has 0 spiro atoms. The lowest BCUT2D eigenvalue weighted by atomic mass is 9.95. The van der Waals surface area contributed by atoms with Crippen LogP contribution in [-0.2, 0) is 17.7 Å². The molecule has 5 nitrogen and oxygen atoms in total. The highest BCUT2D eigenvalue weighted by Crippen LogP contribution is 2.26. The van der Waals surface area contributed by atoms with Gasteiger partial charge in [-0.2, -0.15) is 0 Å². The number of rotatable bonds is 1. The molecule has 1 aromatic rings. The van der Waals surface area contributed by atoms with Crippen molar-refractivity contribution in [2.75, 3.05) is 25.4 Å². The van der Waals surface area contributed by atoms with Gasteiger partial charge in [0.2, 0.25) is 0 Å². The van der Waals surface area contributed by atoms with Gasteiger partial charge in [-0.1, -0.05) is 6.07 Å². The first-order chi connectivity index (χ1) is 11.3. The average Bonchev–Trinajstić information content (AvgIpc) is 2.52. The van der Waals surface area contributed by atoms with Gasteiger partial charge in [0.25, 0.3) is 0 Å². The minimum atomic E-state index is -0.426. The minimum absolute atomic E-state index is 0.183. The second kappa shape index (κ2) is 6.63. The van der Waals surface area contributed by atoms with Gasteiger partial charge in [0.1, 0.15) is 5.60 Å². The second-order valence-electron chi connectivity index (χ2n) is 7.95. The Balaban J connectivity index is 1.55. The van der Waals surface area contributed by atoms with E-state index in [4.69, 9.17) is 10.5 Å². The molecule has 0 saturated carbocycles. The summed E-state index contributed by atoms with van der Waals surface area (Å²) < 4.78 is 5.48. The first kappa shape index (κ1) is 17.1. The molecule has 0 aliphatic carbocycles. The van der Waals surface area contributed by atoms with E-state index in [1.165, 1.54) is 11.1 Å². The van der Waals surface area contributed by atoms with E-state index in [9.17, 15) is 4.79 Å². The van der Waals surface area contributed by atoms with Crippen LogP contribution in [0, 0.1) is 0 Å². The summed E-state index contributed by atoms with van der Waals surface area (Å²) in [7, 11) is 0. The molecule has 1 amide bonds. The number of carbonyl (C=O) groups excluding carboxylic acids is 1. The van der Waals surface area contributed by atoms with E-state index in [1.54, 1.807) is 0 Å². The van der Waals surface area contributed by atoms with Gasteiger partial charge in [0, 0.05) is 37.9 Å². The van der Waals surface area contributed by atoms with Crippen LogP contribution in [0.15, 0.2) is 18.2 Å². The molecule has 2 heterocycles. The molecule has 0 atom stereocenters. The van der Waals surface area contributed by atoms with E-state index in [0.29, 0.717) is 6.04 Å². The summed E-state index contributed by atoms with van der Waals surface area (Å²) in [4.78, 5) is 16.6. The number of carbonyl (C=O) groups is 1. The van der Waals surface area contributed by atoms with Crippen molar-refractivity contribution in [1.82, 2.24) is 9.80 Å². The Morgan fingerprint density at radius 1 is 1.17 bits per heavy atom. The number of nitrogens with zero attached hydrogens (tertiary/aromatic N) is 2. The summed E-state index contributed by atoms with van der Waals surface area (Å²) in [6.45, 7) is 9.35. The van der Waals surface area contributed by atoms with Crippen molar-refractivity contribution in [3.8, 4) is 0 Å². The Morgan fingerprint density at radius 3 is 2.54 bits per heavy atom. The van der Waals surface area contributed by atoms with Gasteiger partial charge in [-0.25, -0.2) is 4.79 Å². The van der Waals surface area contributed by atoms with Gasteiger partial charge in [0.15, 0.2) is 0 Å². The third-order valence-electron chi connectivity index (χ3n) is 4.90. The van der Waals surface area contributed by atoms with Crippen LogP contribution in [0.4, 0.5) is 10.5 Å². The number of likely N-dealkylation sites (tertiary alicyclic amines) is 1. The fourth-order valence-electron chi connectivity index (χ4n) is 3.65. The molecule has 2 N–H and O–H groups in total. The fraction of sp³-hybridized carbons (Fsp3) is 0.632. The van der Waals surface area contributed by atoms with Crippen molar-refractivity contribution >= 4 is 11.8 Å². The Labute approximate surface area is 144 Å². The molecule has 0 aromatic heterocycles. The van der Waals surface area contributed by atoms with Crippen LogP contribution in [0.1, 0.15) is 44.7 Å². The molecular formula is C19H29N3O2. The van der Waals surface area contributed by atoms with E-state index in [2.05, 4.69) is 17.0 Å². The van der Waals surface area contributed by atoms with Crippen molar-refractivity contribution in [3.05, 3.63) is 29.3 Å². The van der Waals surface area contributed by atoms with Crippen LogP contribution in [0.5, 0.6) is 0 Å².